The number of pyridine rings is 1. The van der Waals surface area contributed by atoms with Crippen molar-refractivity contribution in [2.75, 3.05) is 5.32 Å². The second-order valence-corrected chi connectivity index (χ2v) is 5.83. The summed E-state index contributed by atoms with van der Waals surface area (Å²) in [7, 11) is 0. The Kier molecular flexibility index (Phi) is 4.08. The van der Waals surface area contributed by atoms with Gasteiger partial charge >= 0.3 is 5.97 Å². The third-order valence-corrected chi connectivity index (χ3v) is 3.97. The Morgan fingerprint density at radius 1 is 1.37 bits per heavy atom. The molecule has 104 valence electrons. The SMILES string of the molecule is Cc1cc(C(=O)O)cc(NC2CCC(C)CC2C)n1. The number of nitrogens with one attached hydrogen (secondary N) is 1. The maximum atomic E-state index is 11.0. The molecule has 3 unspecified atom stereocenters. The van der Waals surface area contributed by atoms with E-state index in [1.165, 1.54) is 12.8 Å². The summed E-state index contributed by atoms with van der Waals surface area (Å²) in [5, 5.41) is 12.5. The molecule has 2 rings (SSSR count). The van der Waals surface area contributed by atoms with Crippen LogP contribution >= 0.6 is 0 Å². The molecule has 1 aromatic heterocycles. The van der Waals surface area contributed by atoms with E-state index in [1.54, 1.807) is 12.1 Å². The van der Waals surface area contributed by atoms with Crippen molar-refractivity contribution in [3.63, 3.8) is 0 Å². The van der Waals surface area contributed by atoms with Gasteiger partial charge in [0.15, 0.2) is 0 Å². The van der Waals surface area contributed by atoms with Crippen molar-refractivity contribution in [2.24, 2.45) is 11.8 Å². The van der Waals surface area contributed by atoms with Crippen LogP contribution in [0.25, 0.3) is 0 Å². The number of aromatic carboxylic acids is 1. The van der Waals surface area contributed by atoms with Crippen LogP contribution in [-0.2, 0) is 0 Å². The number of carboxylic acid groups (broad SMARTS) is 1. The minimum atomic E-state index is -0.904. The van der Waals surface area contributed by atoms with Crippen LogP contribution in [0.5, 0.6) is 0 Å². The van der Waals surface area contributed by atoms with Gasteiger partial charge in [-0.25, -0.2) is 9.78 Å². The third kappa shape index (κ3) is 3.46. The van der Waals surface area contributed by atoms with Crippen LogP contribution in [0.4, 0.5) is 5.82 Å². The smallest absolute Gasteiger partial charge is 0.335 e. The highest BCUT2D eigenvalue weighted by atomic mass is 16.4. The maximum absolute atomic E-state index is 11.0. The van der Waals surface area contributed by atoms with E-state index < -0.39 is 5.97 Å². The van der Waals surface area contributed by atoms with Crippen molar-refractivity contribution in [3.05, 3.63) is 23.4 Å². The zero-order valence-electron chi connectivity index (χ0n) is 11.8. The van der Waals surface area contributed by atoms with Gasteiger partial charge in [-0.15, -0.1) is 0 Å². The van der Waals surface area contributed by atoms with Crippen LogP contribution in [0.15, 0.2) is 12.1 Å². The van der Waals surface area contributed by atoms with Gasteiger partial charge in [0.25, 0.3) is 0 Å². The Balaban J connectivity index is 2.12. The fourth-order valence-corrected chi connectivity index (χ4v) is 2.94. The second-order valence-electron chi connectivity index (χ2n) is 5.83. The summed E-state index contributed by atoms with van der Waals surface area (Å²) >= 11 is 0. The Bertz CT molecular complexity index is 473. The van der Waals surface area contributed by atoms with Crippen molar-refractivity contribution in [2.45, 2.75) is 46.1 Å². The van der Waals surface area contributed by atoms with Crippen molar-refractivity contribution in [1.82, 2.24) is 4.98 Å². The van der Waals surface area contributed by atoms with Crippen LogP contribution in [0.2, 0.25) is 0 Å². The molecule has 1 fully saturated rings. The molecule has 0 amide bonds. The molecular weight excluding hydrogens is 240 g/mol. The van der Waals surface area contributed by atoms with Gasteiger partial charge in [-0.05, 0) is 50.2 Å². The minimum Gasteiger partial charge on any atom is -0.478 e. The van der Waals surface area contributed by atoms with Crippen molar-refractivity contribution in [1.29, 1.82) is 0 Å². The Morgan fingerprint density at radius 2 is 2.11 bits per heavy atom. The summed E-state index contributed by atoms with van der Waals surface area (Å²) < 4.78 is 0. The van der Waals surface area contributed by atoms with Gasteiger partial charge in [0.05, 0.1) is 5.56 Å². The van der Waals surface area contributed by atoms with E-state index in [-0.39, 0.29) is 0 Å². The van der Waals surface area contributed by atoms with Gasteiger partial charge in [0.2, 0.25) is 0 Å². The van der Waals surface area contributed by atoms with E-state index in [0.717, 1.165) is 18.0 Å². The second kappa shape index (κ2) is 5.59. The topological polar surface area (TPSA) is 62.2 Å². The molecule has 1 heterocycles. The minimum absolute atomic E-state index is 0.298. The van der Waals surface area contributed by atoms with E-state index in [1.807, 2.05) is 6.92 Å². The number of hydrogen-bond acceptors (Lipinski definition) is 3. The zero-order chi connectivity index (χ0) is 14.0. The molecule has 1 aliphatic rings. The van der Waals surface area contributed by atoms with Crippen LogP contribution in [-0.4, -0.2) is 22.1 Å². The fourth-order valence-electron chi connectivity index (χ4n) is 2.94. The lowest BCUT2D eigenvalue weighted by Gasteiger charge is -2.33. The van der Waals surface area contributed by atoms with Gasteiger partial charge in [0.1, 0.15) is 5.82 Å². The molecule has 2 N–H and O–H groups in total. The molecule has 3 atom stereocenters. The van der Waals surface area contributed by atoms with Gasteiger partial charge in [0, 0.05) is 11.7 Å². The average Bonchev–Trinajstić information content (AvgIpc) is 2.32. The van der Waals surface area contributed by atoms with Gasteiger partial charge < -0.3 is 10.4 Å². The first kappa shape index (κ1) is 13.8. The number of carbonyl (C=O) groups is 1. The van der Waals surface area contributed by atoms with Crippen LogP contribution in [0, 0.1) is 18.8 Å². The highest BCUT2D eigenvalue weighted by Gasteiger charge is 2.25. The molecule has 4 heteroatoms. The molecule has 1 aromatic rings. The number of hydrogen-bond donors (Lipinski definition) is 2. The molecule has 0 spiro atoms. The maximum Gasteiger partial charge on any atom is 0.335 e. The fraction of sp³-hybridized carbons (Fsp3) is 0.600. The Labute approximate surface area is 114 Å². The summed E-state index contributed by atoms with van der Waals surface area (Å²) in [6, 6.07) is 3.62. The number of aryl methyl sites for hydroxylation is 1. The number of anilines is 1. The van der Waals surface area contributed by atoms with Crippen LogP contribution in [0.3, 0.4) is 0 Å². The first-order chi connectivity index (χ1) is 8.95. The number of carboxylic acids is 1. The lowest BCUT2D eigenvalue weighted by Crippen LogP contribution is -2.33. The molecular formula is C15H22N2O2. The zero-order valence-corrected chi connectivity index (χ0v) is 11.8. The molecule has 0 radical (unpaired) electrons. The summed E-state index contributed by atoms with van der Waals surface area (Å²) in [5.41, 5.74) is 1.03. The molecule has 0 aromatic carbocycles. The average molecular weight is 262 g/mol. The molecule has 0 aliphatic heterocycles. The predicted octanol–water partition coefficient (Wildman–Crippen LogP) is 3.32. The van der Waals surface area contributed by atoms with E-state index in [2.05, 4.69) is 24.1 Å². The van der Waals surface area contributed by atoms with Gasteiger partial charge in [-0.2, -0.15) is 0 Å². The summed E-state index contributed by atoms with van der Waals surface area (Å²) in [6.07, 6.45) is 3.56. The molecule has 19 heavy (non-hydrogen) atoms. The van der Waals surface area contributed by atoms with Crippen molar-refractivity contribution in [3.8, 4) is 0 Å². The summed E-state index contributed by atoms with van der Waals surface area (Å²) in [5.74, 6) is 1.16. The Morgan fingerprint density at radius 3 is 2.74 bits per heavy atom. The van der Waals surface area contributed by atoms with Crippen molar-refractivity contribution >= 4 is 11.8 Å². The Hall–Kier alpha value is -1.58. The number of aromatic nitrogens is 1. The monoisotopic (exact) mass is 262 g/mol. The van der Waals surface area contributed by atoms with E-state index in [9.17, 15) is 4.79 Å². The highest BCUT2D eigenvalue weighted by Crippen LogP contribution is 2.30. The molecule has 1 saturated carbocycles. The van der Waals surface area contributed by atoms with E-state index in [0.29, 0.717) is 23.3 Å². The normalized spacial score (nSPS) is 27.0. The van der Waals surface area contributed by atoms with E-state index in [4.69, 9.17) is 5.11 Å². The van der Waals surface area contributed by atoms with Crippen LogP contribution in [0.1, 0.15) is 49.2 Å². The van der Waals surface area contributed by atoms with E-state index >= 15 is 0 Å². The first-order valence-corrected chi connectivity index (χ1v) is 6.94. The molecule has 4 nitrogen and oxygen atoms in total. The number of nitrogens with zero attached hydrogens (tertiary/aromatic N) is 1. The quantitative estimate of drug-likeness (QED) is 0.877. The first-order valence-electron chi connectivity index (χ1n) is 6.94. The highest BCUT2D eigenvalue weighted by molar-refractivity contribution is 5.88. The largest absolute Gasteiger partial charge is 0.478 e. The van der Waals surface area contributed by atoms with Crippen LogP contribution < -0.4 is 5.32 Å². The molecule has 1 aliphatic carbocycles. The molecule has 0 bridgehead atoms. The van der Waals surface area contributed by atoms with Crippen molar-refractivity contribution < 1.29 is 9.90 Å². The standard InChI is InChI=1S/C15H22N2O2/c1-9-4-5-13(10(2)6-9)17-14-8-12(15(18)19)7-11(3)16-14/h7-10,13H,4-6H2,1-3H3,(H,16,17)(H,18,19). The summed E-state index contributed by atoms with van der Waals surface area (Å²) in [4.78, 5) is 15.4. The number of rotatable bonds is 3. The summed E-state index contributed by atoms with van der Waals surface area (Å²) in [6.45, 7) is 6.37. The predicted molar refractivity (Wildman–Crippen MR) is 75.5 cm³/mol. The lowest BCUT2D eigenvalue weighted by molar-refractivity contribution is 0.0696. The molecule has 0 saturated heterocycles. The third-order valence-electron chi connectivity index (χ3n) is 3.97. The van der Waals surface area contributed by atoms with Gasteiger partial charge in [-0.3, -0.25) is 0 Å². The lowest BCUT2D eigenvalue weighted by atomic mass is 9.80. The van der Waals surface area contributed by atoms with Gasteiger partial charge in [-0.1, -0.05) is 13.8 Å².